The lowest BCUT2D eigenvalue weighted by Gasteiger charge is -2.18. The number of carbonyl (C=O) groups excluding carboxylic acids is 3. The second-order valence-corrected chi connectivity index (χ2v) is 21.3. The van der Waals surface area contributed by atoms with Gasteiger partial charge in [0.15, 0.2) is 6.10 Å². The van der Waals surface area contributed by atoms with Crippen molar-refractivity contribution in [3.63, 3.8) is 0 Å². The van der Waals surface area contributed by atoms with Crippen LogP contribution in [0.3, 0.4) is 0 Å². The Hall–Kier alpha value is -3.93. The predicted molar refractivity (Wildman–Crippen MR) is 334 cm³/mol. The third-order valence-electron chi connectivity index (χ3n) is 13.8. The van der Waals surface area contributed by atoms with Crippen molar-refractivity contribution >= 4 is 17.9 Å². The smallest absolute Gasteiger partial charge is 0.306 e. The number of carbonyl (C=O) groups is 3. The van der Waals surface area contributed by atoms with Gasteiger partial charge in [-0.1, -0.05) is 291 Å². The lowest BCUT2D eigenvalue weighted by molar-refractivity contribution is -0.167. The highest BCUT2D eigenvalue weighted by atomic mass is 16.6. The predicted octanol–water partition coefficient (Wildman–Crippen LogP) is 22.2. The van der Waals surface area contributed by atoms with E-state index < -0.39 is 6.10 Å². The molecule has 0 amide bonds. The first kappa shape index (κ1) is 73.1. The summed E-state index contributed by atoms with van der Waals surface area (Å²) in [6.07, 6.45) is 88.2. The molecule has 0 aromatic rings. The van der Waals surface area contributed by atoms with E-state index in [0.717, 1.165) is 116 Å². The van der Waals surface area contributed by atoms with Crippen molar-refractivity contribution in [3.05, 3.63) is 109 Å². The fourth-order valence-electron chi connectivity index (χ4n) is 8.91. The van der Waals surface area contributed by atoms with Crippen LogP contribution in [0.5, 0.6) is 0 Å². The van der Waals surface area contributed by atoms with Crippen LogP contribution in [-0.4, -0.2) is 37.2 Å². The molecule has 0 saturated carbocycles. The molecule has 0 saturated heterocycles. The number of hydrogen-bond acceptors (Lipinski definition) is 6. The van der Waals surface area contributed by atoms with E-state index in [4.69, 9.17) is 14.2 Å². The van der Waals surface area contributed by atoms with Crippen LogP contribution >= 0.6 is 0 Å². The van der Waals surface area contributed by atoms with Crippen LogP contribution in [0.4, 0.5) is 0 Å². The van der Waals surface area contributed by atoms with Gasteiger partial charge in [0, 0.05) is 19.3 Å². The van der Waals surface area contributed by atoms with Gasteiger partial charge in [-0.3, -0.25) is 14.4 Å². The number of esters is 3. The number of rotatable bonds is 58. The SMILES string of the molecule is CC/C=C\C/C=C\C/C=C\C/C=C\C/C=C\C/C=C\C/C=C\C/C=C\CCCCCCCCCCCCC(=O)OCC(COC(=O)CCCCCCC/C=C\CCCC)OC(=O)CCCCCCCCCCCCCCC. The maximum absolute atomic E-state index is 12.8. The molecule has 0 aliphatic carbocycles. The maximum atomic E-state index is 12.8. The Morgan fingerprint density at radius 2 is 0.519 bits per heavy atom. The molecular formula is C71H120O6. The van der Waals surface area contributed by atoms with E-state index in [-0.39, 0.29) is 31.1 Å². The van der Waals surface area contributed by atoms with Gasteiger partial charge >= 0.3 is 17.9 Å². The zero-order valence-electron chi connectivity index (χ0n) is 50.4. The van der Waals surface area contributed by atoms with E-state index in [1.165, 1.54) is 148 Å². The number of ether oxygens (including phenoxy) is 3. The van der Waals surface area contributed by atoms with Crippen molar-refractivity contribution in [2.75, 3.05) is 13.2 Å². The fourth-order valence-corrected chi connectivity index (χ4v) is 8.91. The van der Waals surface area contributed by atoms with Crippen LogP contribution in [0, 0.1) is 0 Å². The molecule has 0 rings (SSSR count). The average Bonchev–Trinajstić information content (AvgIpc) is 3.43. The third-order valence-corrected chi connectivity index (χ3v) is 13.8. The zero-order valence-corrected chi connectivity index (χ0v) is 50.4. The minimum Gasteiger partial charge on any atom is -0.462 e. The normalized spacial score (nSPS) is 12.8. The summed E-state index contributed by atoms with van der Waals surface area (Å²) in [5.41, 5.74) is 0. The van der Waals surface area contributed by atoms with Crippen LogP contribution in [0.25, 0.3) is 0 Å². The van der Waals surface area contributed by atoms with Crippen LogP contribution in [0.15, 0.2) is 109 Å². The van der Waals surface area contributed by atoms with Crippen molar-refractivity contribution in [2.45, 2.75) is 309 Å². The Kier molecular flexibility index (Phi) is 61.3. The summed E-state index contributed by atoms with van der Waals surface area (Å²) in [7, 11) is 0. The molecule has 1 unspecified atom stereocenters. The second kappa shape index (κ2) is 64.6. The Bertz CT molecular complexity index is 1560. The van der Waals surface area contributed by atoms with E-state index in [1.54, 1.807) is 0 Å². The number of unbranched alkanes of at least 4 members (excludes halogenated alkanes) is 29. The summed E-state index contributed by atoms with van der Waals surface area (Å²) in [6.45, 7) is 6.49. The van der Waals surface area contributed by atoms with Crippen LogP contribution in [0.2, 0.25) is 0 Å². The average molecular weight is 1070 g/mol. The lowest BCUT2D eigenvalue weighted by atomic mass is 10.0. The van der Waals surface area contributed by atoms with Gasteiger partial charge < -0.3 is 14.2 Å². The monoisotopic (exact) mass is 1070 g/mol. The number of hydrogen-bond donors (Lipinski definition) is 0. The van der Waals surface area contributed by atoms with E-state index >= 15 is 0 Å². The van der Waals surface area contributed by atoms with Crippen molar-refractivity contribution < 1.29 is 28.6 Å². The zero-order chi connectivity index (χ0) is 55.7. The molecule has 77 heavy (non-hydrogen) atoms. The molecule has 1 atom stereocenters. The minimum atomic E-state index is -0.780. The molecule has 0 aliphatic rings. The lowest BCUT2D eigenvalue weighted by Crippen LogP contribution is -2.30. The molecule has 6 nitrogen and oxygen atoms in total. The van der Waals surface area contributed by atoms with Crippen molar-refractivity contribution in [1.29, 1.82) is 0 Å². The molecule has 0 N–H and O–H groups in total. The molecule has 0 fully saturated rings. The molecule has 0 spiro atoms. The molecular weight excluding hydrogens is 949 g/mol. The van der Waals surface area contributed by atoms with E-state index in [1.807, 2.05) is 0 Å². The molecule has 440 valence electrons. The van der Waals surface area contributed by atoms with E-state index in [2.05, 4.69) is 130 Å². The summed E-state index contributed by atoms with van der Waals surface area (Å²) in [5, 5.41) is 0. The van der Waals surface area contributed by atoms with E-state index in [0.29, 0.717) is 19.3 Å². The Morgan fingerprint density at radius 3 is 0.844 bits per heavy atom. The topological polar surface area (TPSA) is 78.9 Å². The largest absolute Gasteiger partial charge is 0.462 e. The van der Waals surface area contributed by atoms with Gasteiger partial charge in [0.1, 0.15) is 13.2 Å². The standard InChI is InChI=1S/C71H120O6/c1-4-7-10-13-16-19-22-24-25-26-27-28-29-30-31-32-33-34-35-36-37-38-39-40-41-42-43-44-45-47-49-52-55-58-61-64-70(73)76-67-68(66-75-69(72)63-60-57-54-51-48-21-18-15-12-9-6-3)77-71(74)65-62-59-56-53-50-46-23-20-17-14-11-8-5-2/h7,10,15-16,18-19,24-25,27-28,30-31,33-34,36-37,39-40,68H,4-6,8-9,11-14,17,20-23,26,29,32,35,38,41-67H2,1-3H3/b10-7-,18-15-,19-16-,25-24-,28-27-,31-30-,34-33-,37-36-,40-39-. The first-order chi connectivity index (χ1) is 38.0. The van der Waals surface area contributed by atoms with Gasteiger partial charge in [-0.05, 0) is 103 Å². The molecule has 0 bridgehead atoms. The first-order valence-corrected chi connectivity index (χ1v) is 32.4. The summed E-state index contributed by atoms with van der Waals surface area (Å²) in [4.78, 5) is 38.2. The molecule has 6 heteroatoms. The Labute approximate surface area is 476 Å². The van der Waals surface area contributed by atoms with Crippen molar-refractivity contribution in [3.8, 4) is 0 Å². The highest BCUT2D eigenvalue weighted by Gasteiger charge is 2.19. The summed E-state index contributed by atoms with van der Waals surface area (Å²) < 4.78 is 16.9. The van der Waals surface area contributed by atoms with Crippen molar-refractivity contribution in [2.24, 2.45) is 0 Å². The van der Waals surface area contributed by atoms with Gasteiger partial charge in [0.2, 0.25) is 0 Å². The van der Waals surface area contributed by atoms with Gasteiger partial charge in [-0.15, -0.1) is 0 Å². The second-order valence-electron chi connectivity index (χ2n) is 21.3. The molecule has 0 aromatic heterocycles. The molecule has 0 heterocycles. The van der Waals surface area contributed by atoms with E-state index in [9.17, 15) is 14.4 Å². The van der Waals surface area contributed by atoms with Gasteiger partial charge in [0.05, 0.1) is 0 Å². The van der Waals surface area contributed by atoms with Gasteiger partial charge in [0.25, 0.3) is 0 Å². The Balaban J connectivity index is 4.15. The first-order valence-electron chi connectivity index (χ1n) is 32.4. The maximum Gasteiger partial charge on any atom is 0.306 e. The third kappa shape index (κ3) is 62.8. The van der Waals surface area contributed by atoms with Crippen LogP contribution < -0.4 is 0 Å². The minimum absolute atomic E-state index is 0.0801. The van der Waals surface area contributed by atoms with Crippen molar-refractivity contribution in [1.82, 2.24) is 0 Å². The summed E-state index contributed by atoms with van der Waals surface area (Å²) in [6, 6.07) is 0. The fraction of sp³-hybridized carbons (Fsp3) is 0.704. The molecule has 0 radical (unpaired) electrons. The molecule has 0 aliphatic heterocycles. The summed E-state index contributed by atoms with van der Waals surface area (Å²) >= 11 is 0. The highest BCUT2D eigenvalue weighted by Crippen LogP contribution is 2.16. The van der Waals surface area contributed by atoms with Crippen LogP contribution in [-0.2, 0) is 28.6 Å². The molecule has 0 aromatic carbocycles. The van der Waals surface area contributed by atoms with Crippen LogP contribution in [0.1, 0.15) is 303 Å². The quantitative estimate of drug-likeness (QED) is 0.0261. The summed E-state index contributed by atoms with van der Waals surface area (Å²) in [5.74, 6) is -0.886. The van der Waals surface area contributed by atoms with Gasteiger partial charge in [-0.2, -0.15) is 0 Å². The van der Waals surface area contributed by atoms with Gasteiger partial charge in [-0.25, -0.2) is 0 Å². The Morgan fingerprint density at radius 1 is 0.273 bits per heavy atom. The highest BCUT2D eigenvalue weighted by molar-refractivity contribution is 5.71. The number of allylic oxidation sites excluding steroid dienone is 18.